The molecule has 0 saturated carbocycles. The van der Waals surface area contributed by atoms with Crippen molar-refractivity contribution in [1.29, 1.82) is 0 Å². The Morgan fingerprint density at radius 3 is 2.12 bits per heavy atom. The standard InChI is InChI=1S/C17H16N2O5/c20-16(11-13-3-8-15(9-4-13)19(23)24)18-14-6-1-12(2-7-14)5-10-17(21)22/h1-4,6-9H,5,10-11H2,(H,18,20)(H,21,22). The second-order valence-electron chi connectivity index (χ2n) is 5.24. The minimum Gasteiger partial charge on any atom is -0.481 e. The molecule has 7 heteroatoms. The average Bonchev–Trinajstić information content (AvgIpc) is 2.54. The lowest BCUT2D eigenvalue weighted by Crippen LogP contribution is -2.14. The second kappa shape index (κ2) is 7.87. The molecule has 0 aliphatic heterocycles. The summed E-state index contributed by atoms with van der Waals surface area (Å²) in [5.74, 6) is -1.09. The highest BCUT2D eigenvalue weighted by atomic mass is 16.6. The quantitative estimate of drug-likeness (QED) is 0.600. The fourth-order valence-corrected chi connectivity index (χ4v) is 2.13. The molecule has 2 aromatic carbocycles. The van der Waals surface area contributed by atoms with Crippen molar-refractivity contribution >= 4 is 23.3 Å². The van der Waals surface area contributed by atoms with Crippen LogP contribution in [0.1, 0.15) is 17.5 Å². The number of nitro benzene ring substituents is 1. The van der Waals surface area contributed by atoms with Crippen LogP contribution in [-0.4, -0.2) is 21.9 Å². The zero-order chi connectivity index (χ0) is 17.5. The first-order valence-electron chi connectivity index (χ1n) is 7.28. The van der Waals surface area contributed by atoms with E-state index in [1.807, 2.05) is 0 Å². The Kier molecular flexibility index (Phi) is 5.62. The number of amides is 1. The Balaban J connectivity index is 1.89. The van der Waals surface area contributed by atoms with Crippen LogP contribution in [0.4, 0.5) is 11.4 Å². The van der Waals surface area contributed by atoms with Crippen molar-refractivity contribution in [3.8, 4) is 0 Å². The first-order valence-corrected chi connectivity index (χ1v) is 7.28. The van der Waals surface area contributed by atoms with Gasteiger partial charge in [0.1, 0.15) is 0 Å². The Bertz CT molecular complexity index is 739. The number of carboxylic acids is 1. The van der Waals surface area contributed by atoms with Crippen LogP contribution >= 0.6 is 0 Å². The summed E-state index contributed by atoms with van der Waals surface area (Å²) in [6, 6.07) is 12.8. The van der Waals surface area contributed by atoms with Gasteiger partial charge in [-0.15, -0.1) is 0 Å². The summed E-state index contributed by atoms with van der Waals surface area (Å²) in [7, 11) is 0. The van der Waals surface area contributed by atoms with E-state index in [-0.39, 0.29) is 24.4 Å². The van der Waals surface area contributed by atoms with E-state index in [4.69, 9.17) is 5.11 Å². The van der Waals surface area contributed by atoms with Gasteiger partial charge in [0, 0.05) is 24.2 Å². The molecule has 1 amide bonds. The molecule has 2 rings (SSSR count). The Hall–Kier alpha value is -3.22. The molecule has 0 aliphatic rings. The summed E-state index contributed by atoms with van der Waals surface area (Å²) in [5.41, 5.74) is 2.15. The number of nitrogens with zero attached hydrogens (tertiary/aromatic N) is 1. The van der Waals surface area contributed by atoms with Crippen molar-refractivity contribution in [3.05, 3.63) is 69.8 Å². The van der Waals surface area contributed by atoms with Crippen LogP contribution in [0.15, 0.2) is 48.5 Å². The molecular formula is C17H16N2O5. The van der Waals surface area contributed by atoms with Gasteiger partial charge in [0.05, 0.1) is 11.3 Å². The number of aliphatic carboxylic acids is 1. The minimum atomic E-state index is -0.851. The van der Waals surface area contributed by atoms with E-state index in [2.05, 4.69) is 5.32 Å². The van der Waals surface area contributed by atoms with Gasteiger partial charge in [-0.1, -0.05) is 24.3 Å². The summed E-state index contributed by atoms with van der Waals surface area (Å²) in [4.78, 5) is 32.6. The molecule has 0 fully saturated rings. The Morgan fingerprint density at radius 1 is 1.00 bits per heavy atom. The third-order valence-corrected chi connectivity index (χ3v) is 3.38. The van der Waals surface area contributed by atoms with Crippen LogP contribution in [0.2, 0.25) is 0 Å². The lowest BCUT2D eigenvalue weighted by atomic mass is 10.1. The molecule has 124 valence electrons. The molecule has 2 N–H and O–H groups in total. The number of aryl methyl sites for hydroxylation is 1. The van der Waals surface area contributed by atoms with Crippen molar-refractivity contribution in [1.82, 2.24) is 0 Å². The number of nitrogens with one attached hydrogen (secondary N) is 1. The molecule has 24 heavy (non-hydrogen) atoms. The van der Waals surface area contributed by atoms with Crippen molar-refractivity contribution in [2.45, 2.75) is 19.3 Å². The number of carbonyl (C=O) groups excluding carboxylic acids is 1. The Labute approximate surface area is 138 Å². The maximum Gasteiger partial charge on any atom is 0.303 e. The third-order valence-electron chi connectivity index (χ3n) is 3.38. The van der Waals surface area contributed by atoms with Crippen LogP contribution in [0.5, 0.6) is 0 Å². The summed E-state index contributed by atoms with van der Waals surface area (Å²) >= 11 is 0. The van der Waals surface area contributed by atoms with Gasteiger partial charge < -0.3 is 10.4 Å². The van der Waals surface area contributed by atoms with Crippen molar-refractivity contribution in [3.63, 3.8) is 0 Å². The van der Waals surface area contributed by atoms with Crippen LogP contribution < -0.4 is 5.32 Å². The molecule has 0 aliphatic carbocycles. The van der Waals surface area contributed by atoms with Gasteiger partial charge in [0.15, 0.2) is 0 Å². The molecule has 0 spiro atoms. The summed E-state index contributed by atoms with van der Waals surface area (Å²) in [6.07, 6.45) is 0.608. The number of non-ortho nitro benzene ring substituents is 1. The number of anilines is 1. The molecule has 0 bridgehead atoms. The molecular weight excluding hydrogens is 312 g/mol. The number of nitro groups is 1. The molecule has 0 aromatic heterocycles. The molecule has 0 saturated heterocycles. The predicted octanol–water partition coefficient (Wildman–Crippen LogP) is 2.79. The van der Waals surface area contributed by atoms with Crippen molar-refractivity contribution in [2.75, 3.05) is 5.32 Å². The zero-order valence-corrected chi connectivity index (χ0v) is 12.8. The molecule has 7 nitrogen and oxygen atoms in total. The van der Waals surface area contributed by atoms with Crippen LogP contribution in [0, 0.1) is 10.1 Å². The Morgan fingerprint density at radius 2 is 1.58 bits per heavy atom. The fourth-order valence-electron chi connectivity index (χ4n) is 2.13. The number of rotatable bonds is 7. The number of benzene rings is 2. The molecule has 0 atom stereocenters. The van der Waals surface area contributed by atoms with Gasteiger partial charge in [-0.25, -0.2) is 0 Å². The fraction of sp³-hybridized carbons (Fsp3) is 0.176. The number of carboxylic acid groups (broad SMARTS) is 1. The third kappa shape index (κ3) is 5.20. The largest absolute Gasteiger partial charge is 0.481 e. The SMILES string of the molecule is O=C(O)CCc1ccc(NC(=O)Cc2ccc([N+](=O)[O-])cc2)cc1. The van der Waals surface area contributed by atoms with Gasteiger partial charge in [-0.3, -0.25) is 19.7 Å². The number of carbonyl (C=O) groups is 2. The van der Waals surface area contributed by atoms with Crippen LogP contribution in [0.3, 0.4) is 0 Å². The first kappa shape index (κ1) is 17.1. The monoisotopic (exact) mass is 328 g/mol. The van der Waals surface area contributed by atoms with Crippen molar-refractivity contribution in [2.24, 2.45) is 0 Å². The molecule has 2 aromatic rings. The first-order chi connectivity index (χ1) is 11.4. The van der Waals surface area contributed by atoms with E-state index in [1.165, 1.54) is 12.1 Å². The van der Waals surface area contributed by atoms with E-state index in [0.29, 0.717) is 17.7 Å². The molecule has 0 heterocycles. The summed E-state index contributed by atoms with van der Waals surface area (Å²) in [6.45, 7) is 0. The van der Waals surface area contributed by atoms with E-state index in [0.717, 1.165) is 5.56 Å². The molecule has 0 unspecified atom stereocenters. The average molecular weight is 328 g/mol. The van der Waals surface area contributed by atoms with E-state index in [9.17, 15) is 19.7 Å². The lowest BCUT2D eigenvalue weighted by molar-refractivity contribution is -0.384. The zero-order valence-electron chi connectivity index (χ0n) is 12.8. The van der Waals surface area contributed by atoms with Gasteiger partial charge in [0.25, 0.3) is 5.69 Å². The topological polar surface area (TPSA) is 110 Å². The minimum absolute atomic E-state index is 0.0175. The maximum atomic E-state index is 12.0. The number of hydrogen-bond acceptors (Lipinski definition) is 4. The lowest BCUT2D eigenvalue weighted by Gasteiger charge is -2.06. The van der Waals surface area contributed by atoms with Gasteiger partial charge in [0.2, 0.25) is 5.91 Å². The smallest absolute Gasteiger partial charge is 0.303 e. The highest BCUT2D eigenvalue weighted by molar-refractivity contribution is 5.92. The normalized spacial score (nSPS) is 10.2. The maximum absolute atomic E-state index is 12.0. The van der Waals surface area contributed by atoms with Crippen molar-refractivity contribution < 1.29 is 19.6 Å². The second-order valence-corrected chi connectivity index (χ2v) is 5.24. The number of hydrogen-bond donors (Lipinski definition) is 2. The molecule has 0 radical (unpaired) electrons. The van der Waals surface area contributed by atoms with Gasteiger partial charge >= 0.3 is 5.97 Å². The predicted molar refractivity (Wildman–Crippen MR) is 87.8 cm³/mol. The summed E-state index contributed by atoms with van der Waals surface area (Å²) in [5, 5.41) is 22.0. The van der Waals surface area contributed by atoms with Gasteiger partial charge in [-0.05, 0) is 29.7 Å². The summed E-state index contributed by atoms with van der Waals surface area (Å²) < 4.78 is 0. The van der Waals surface area contributed by atoms with Gasteiger partial charge in [-0.2, -0.15) is 0 Å². The van der Waals surface area contributed by atoms with Crippen LogP contribution in [0.25, 0.3) is 0 Å². The van der Waals surface area contributed by atoms with E-state index >= 15 is 0 Å². The highest BCUT2D eigenvalue weighted by Gasteiger charge is 2.08. The van der Waals surface area contributed by atoms with E-state index < -0.39 is 10.9 Å². The van der Waals surface area contributed by atoms with E-state index in [1.54, 1.807) is 36.4 Å². The van der Waals surface area contributed by atoms with Crippen LogP contribution in [-0.2, 0) is 22.4 Å². The highest BCUT2D eigenvalue weighted by Crippen LogP contribution is 2.14.